The highest BCUT2D eigenvalue weighted by atomic mass is 32.2. The number of carbonyl (C=O) groups excluding carboxylic acids is 1. The van der Waals surface area contributed by atoms with Crippen LogP contribution in [-0.2, 0) is 22.1 Å². The smallest absolute Gasteiger partial charge is 0.339 e. The van der Waals surface area contributed by atoms with Gasteiger partial charge in [0, 0.05) is 16.7 Å². The maximum Gasteiger partial charge on any atom is 0.339 e. The zero-order chi connectivity index (χ0) is 20.8. The Hall–Kier alpha value is -2.71. The highest BCUT2D eigenvalue weighted by Gasteiger charge is 2.17. The molecule has 0 bridgehead atoms. The number of rotatable bonds is 8. The average Bonchev–Trinajstić information content (AvgIpc) is 3.25. The van der Waals surface area contributed by atoms with Gasteiger partial charge in [-0.2, -0.15) is 0 Å². The molecule has 0 spiro atoms. The Balaban J connectivity index is 1.72. The third-order valence-electron chi connectivity index (χ3n) is 4.15. The molecular weight excluding hydrogens is 410 g/mol. The summed E-state index contributed by atoms with van der Waals surface area (Å²) < 4.78 is 28.1. The number of esters is 1. The van der Waals surface area contributed by atoms with E-state index in [4.69, 9.17) is 14.2 Å². The Kier molecular flexibility index (Phi) is 7.00. The van der Waals surface area contributed by atoms with Gasteiger partial charge in [-0.3, -0.25) is 4.21 Å². The van der Waals surface area contributed by atoms with Crippen LogP contribution in [0.25, 0.3) is 10.6 Å². The summed E-state index contributed by atoms with van der Waals surface area (Å²) in [7, 11) is 1.93. The van der Waals surface area contributed by atoms with Crippen LogP contribution in [0.5, 0.6) is 11.5 Å². The second-order valence-corrected chi connectivity index (χ2v) is 8.49. The van der Waals surface area contributed by atoms with Crippen molar-refractivity contribution < 1.29 is 23.2 Å². The van der Waals surface area contributed by atoms with E-state index in [0.29, 0.717) is 33.4 Å². The molecule has 152 valence electrons. The minimum Gasteiger partial charge on any atom is -0.493 e. The van der Waals surface area contributed by atoms with E-state index < -0.39 is 16.8 Å². The Bertz CT molecular complexity index is 1030. The van der Waals surface area contributed by atoms with Gasteiger partial charge < -0.3 is 14.2 Å². The minimum absolute atomic E-state index is 0.0374. The maximum atomic E-state index is 12.5. The molecule has 0 fully saturated rings. The van der Waals surface area contributed by atoms with Crippen molar-refractivity contribution in [2.75, 3.05) is 20.0 Å². The quantitative estimate of drug-likeness (QED) is 0.495. The van der Waals surface area contributed by atoms with Gasteiger partial charge in [0.05, 0.1) is 41.2 Å². The van der Waals surface area contributed by atoms with Crippen molar-refractivity contribution in [3.8, 4) is 22.1 Å². The summed E-state index contributed by atoms with van der Waals surface area (Å²) in [4.78, 5) is 17.5. The summed E-state index contributed by atoms with van der Waals surface area (Å²) in [5, 5.41) is 2.62. The fourth-order valence-electron chi connectivity index (χ4n) is 2.68. The number of ether oxygens (including phenoxy) is 3. The van der Waals surface area contributed by atoms with Crippen LogP contribution in [0.3, 0.4) is 0 Å². The molecule has 3 aromatic rings. The van der Waals surface area contributed by atoms with E-state index in [9.17, 15) is 9.00 Å². The van der Waals surface area contributed by atoms with E-state index in [1.54, 1.807) is 38.5 Å². The Morgan fingerprint density at radius 3 is 2.59 bits per heavy atom. The van der Waals surface area contributed by atoms with Crippen molar-refractivity contribution in [3.05, 3.63) is 59.1 Å². The number of nitrogens with zero attached hydrogens (tertiary/aromatic N) is 1. The van der Waals surface area contributed by atoms with Gasteiger partial charge in [-0.25, -0.2) is 9.78 Å². The SMILES string of the molecule is CCS(=O)c1ccccc1C(=O)OCc1csc(-c2ccc(OC)c(OC)c2)n1. The molecule has 1 aromatic heterocycles. The highest BCUT2D eigenvalue weighted by molar-refractivity contribution is 7.85. The molecule has 6 nitrogen and oxygen atoms in total. The highest BCUT2D eigenvalue weighted by Crippen LogP contribution is 2.33. The predicted molar refractivity (Wildman–Crippen MR) is 113 cm³/mol. The first kappa shape index (κ1) is 21.0. The Morgan fingerprint density at radius 1 is 1.10 bits per heavy atom. The molecule has 0 radical (unpaired) electrons. The normalized spacial score (nSPS) is 11.7. The molecule has 0 aliphatic heterocycles. The van der Waals surface area contributed by atoms with Gasteiger partial charge in [0.2, 0.25) is 0 Å². The number of aromatic nitrogens is 1. The number of methoxy groups -OCH3 is 2. The third kappa shape index (κ3) is 4.83. The molecule has 3 rings (SSSR count). The fraction of sp³-hybridized carbons (Fsp3) is 0.238. The van der Waals surface area contributed by atoms with Gasteiger partial charge in [-0.05, 0) is 30.3 Å². The van der Waals surface area contributed by atoms with Gasteiger partial charge in [0.1, 0.15) is 11.6 Å². The molecule has 1 unspecified atom stereocenters. The largest absolute Gasteiger partial charge is 0.493 e. The predicted octanol–water partition coefficient (Wildman–Crippen LogP) is 4.31. The van der Waals surface area contributed by atoms with Crippen LogP contribution in [0.2, 0.25) is 0 Å². The van der Waals surface area contributed by atoms with Gasteiger partial charge in [0.25, 0.3) is 0 Å². The zero-order valence-corrected chi connectivity index (χ0v) is 18.0. The molecule has 1 heterocycles. The minimum atomic E-state index is -1.23. The summed E-state index contributed by atoms with van der Waals surface area (Å²) in [6.45, 7) is 1.85. The fourth-order valence-corrected chi connectivity index (χ4v) is 4.42. The molecule has 0 aliphatic carbocycles. The van der Waals surface area contributed by atoms with Crippen molar-refractivity contribution in [3.63, 3.8) is 0 Å². The lowest BCUT2D eigenvalue weighted by Gasteiger charge is -2.08. The number of hydrogen-bond donors (Lipinski definition) is 0. The molecule has 0 saturated carbocycles. The van der Waals surface area contributed by atoms with Gasteiger partial charge in [0.15, 0.2) is 11.5 Å². The van der Waals surface area contributed by atoms with Crippen molar-refractivity contribution in [1.29, 1.82) is 0 Å². The molecule has 0 amide bonds. The molecule has 0 aliphatic rings. The summed E-state index contributed by atoms with van der Waals surface area (Å²) >= 11 is 1.45. The first-order valence-electron chi connectivity index (χ1n) is 8.88. The summed E-state index contributed by atoms with van der Waals surface area (Å²) in [6.07, 6.45) is 0. The summed E-state index contributed by atoms with van der Waals surface area (Å²) in [6, 6.07) is 12.4. The molecule has 0 saturated heterocycles. The second-order valence-electron chi connectivity index (χ2n) is 5.92. The Morgan fingerprint density at radius 2 is 1.86 bits per heavy atom. The molecular formula is C21H21NO5S2. The van der Waals surface area contributed by atoms with Crippen LogP contribution in [-0.4, -0.2) is 35.1 Å². The monoisotopic (exact) mass is 431 g/mol. The van der Waals surface area contributed by atoms with E-state index >= 15 is 0 Å². The van der Waals surface area contributed by atoms with Crippen molar-refractivity contribution in [1.82, 2.24) is 4.98 Å². The number of thiazole rings is 1. The topological polar surface area (TPSA) is 74.7 Å². The van der Waals surface area contributed by atoms with E-state index in [0.717, 1.165) is 10.6 Å². The number of hydrogen-bond acceptors (Lipinski definition) is 7. The second kappa shape index (κ2) is 9.67. The number of benzene rings is 2. The van der Waals surface area contributed by atoms with E-state index in [1.807, 2.05) is 30.5 Å². The molecule has 2 aromatic carbocycles. The van der Waals surface area contributed by atoms with Crippen LogP contribution in [0.4, 0.5) is 0 Å². The van der Waals surface area contributed by atoms with Gasteiger partial charge in [-0.15, -0.1) is 11.3 Å². The van der Waals surface area contributed by atoms with Crippen LogP contribution in [0.1, 0.15) is 23.0 Å². The molecule has 1 atom stereocenters. The number of carbonyl (C=O) groups is 1. The van der Waals surface area contributed by atoms with Gasteiger partial charge >= 0.3 is 5.97 Å². The Labute approximate surface area is 175 Å². The van der Waals surface area contributed by atoms with Crippen molar-refractivity contribution >= 4 is 28.1 Å². The summed E-state index contributed by atoms with van der Waals surface area (Å²) in [5.41, 5.74) is 1.85. The van der Waals surface area contributed by atoms with Crippen molar-refractivity contribution in [2.45, 2.75) is 18.4 Å². The van der Waals surface area contributed by atoms with E-state index in [2.05, 4.69) is 4.98 Å². The third-order valence-corrected chi connectivity index (χ3v) is 6.46. The van der Waals surface area contributed by atoms with Crippen LogP contribution < -0.4 is 9.47 Å². The average molecular weight is 432 g/mol. The maximum absolute atomic E-state index is 12.5. The lowest BCUT2D eigenvalue weighted by molar-refractivity contribution is 0.0464. The standard InChI is InChI=1S/C21H21NO5S2/c1-4-29(24)19-8-6-5-7-16(19)21(23)27-12-15-13-28-20(22-15)14-9-10-17(25-2)18(11-14)26-3/h5-11,13H,4,12H2,1-3H3. The van der Waals surface area contributed by atoms with Crippen LogP contribution in [0.15, 0.2) is 52.7 Å². The lowest BCUT2D eigenvalue weighted by atomic mass is 10.2. The van der Waals surface area contributed by atoms with Gasteiger partial charge in [-0.1, -0.05) is 19.1 Å². The summed E-state index contributed by atoms with van der Waals surface area (Å²) in [5.74, 6) is 1.19. The first-order chi connectivity index (χ1) is 14.1. The van der Waals surface area contributed by atoms with Crippen LogP contribution >= 0.6 is 11.3 Å². The van der Waals surface area contributed by atoms with Crippen LogP contribution in [0, 0.1) is 0 Å². The lowest BCUT2D eigenvalue weighted by Crippen LogP contribution is -2.10. The molecule has 8 heteroatoms. The van der Waals surface area contributed by atoms with E-state index in [-0.39, 0.29) is 6.61 Å². The van der Waals surface area contributed by atoms with Crippen molar-refractivity contribution in [2.24, 2.45) is 0 Å². The first-order valence-corrected chi connectivity index (χ1v) is 11.1. The molecule has 29 heavy (non-hydrogen) atoms. The van der Waals surface area contributed by atoms with E-state index in [1.165, 1.54) is 11.3 Å². The molecule has 0 N–H and O–H groups in total. The zero-order valence-electron chi connectivity index (χ0n) is 16.3.